The number of benzene rings is 2. The van der Waals surface area contributed by atoms with E-state index in [1.54, 1.807) is 43.4 Å². The number of ether oxygens (including phenoxy) is 3. The Morgan fingerprint density at radius 2 is 1.74 bits per heavy atom. The van der Waals surface area contributed by atoms with Gasteiger partial charge in [-0.25, -0.2) is 4.79 Å². The number of hydrogen-bond acceptors (Lipinski definition) is 5. The van der Waals surface area contributed by atoms with E-state index in [9.17, 15) is 9.59 Å². The van der Waals surface area contributed by atoms with Crippen molar-refractivity contribution in [3.63, 3.8) is 0 Å². The van der Waals surface area contributed by atoms with Gasteiger partial charge >= 0.3 is 5.97 Å². The second kappa shape index (κ2) is 8.31. The summed E-state index contributed by atoms with van der Waals surface area (Å²) in [7, 11) is 3.17. The third kappa shape index (κ3) is 4.17. The molecule has 142 valence electrons. The van der Waals surface area contributed by atoms with Gasteiger partial charge in [0, 0.05) is 13.1 Å². The number of amides is 1. The first-order valence-corrected chi connectivity index (χ1v) is 8.84. The molecule has 7 heteroatoms. The van der Waals surface area contributed by atoms with Crippen LogP contribution in [0.5, 0.6) is 11.5 Å². The number of hydrogen-bond donors (Lipinski definition) is 0. The summed E-state index contributed by atoms with van der Waals surface area (Å²) in [6.45, 7) is 0.649. The number of esters is 1. The van der Waals surface area contributed by atoms with E-state index in [-0.39, 0.29) is 18.1 Å². The maximum atomic E-state index is 12.5. The van der Waals surface area contributed by atoms with Crippen LogP contribution in [0.25, 0.3) is 0 Å². The molecular weight excluding hydrogens is 370 g/mol. The molecule has 0 aromatic heterocycles. The van der Waals surface area contributed by atoms with Crippen LogP contribution in [0.1, 0.15) is 21.5 Å². The van der Waals surface area contributed by atoms with E-state index < -0.39 is 5.97 Å². The van der Waals surface area contributed by atoms with Gasteiger partial charge in [0.05, 0.1) is 24.8 Å². The van der Waals surface area contributed by atoms with Crippen LogP contribution in [0.15, 0.2) is 36.4 Å². The Morgan fingerprint density at radius 3 is 2.41 bits per heavy atom. The van der Waals surface area contributed by atoms with E-state index in [1.165, 1.54) is 0 Å². The van der Waals surface area contributed by atoms with E-state index in [1.807, 2.05) is 12.1 Å². The minimum Gasteiger partial charge on any atom is -0.493 e. The molecule has 0 atom stereocenters. The summed E-state index contributed by atoms with van der Waals surface area (Å²) in [4.78, 5) is 26.2. The number of halogens is 1. The third-order valence-corrected chi connectivity index (χ3v) is 4.82. The molecule has 1 amide bonds. The van der Waals surface area contributed by atoms with Crippen molar-refractivity contribution in [1.82, 2.24) is 4.90 Å². The van der Waals surface area contributed by atoms with Crippen LogP contribution in [-0.2, 0) is 22.5 Å². The van der Waals surface area contributed by atoms with E-state index in [4.69, 9.17) is 25.8 Å². The number of carbonyl (C=O) groups excluding carboxylic acids is 2. The average Bonchev–Trinajstić information content (AvgIpc) is 2.70. The number of rotatable bonds is 5. The Bertz CT molecular complexity index is 867. The summed E-state index contributed by atoms with van der Waals surface area (Å²) >= 11 is 5.97. The van der Waals surface area contributed by atoms with Crippen LogP contribution in [0.3, 0.4) is 0 Å². The SMILES string of the molecule is COc1cc2c(cc1OC)CN(C(=O)COC(=O)c1ccccc1Cl)CC2. The van der Waals surface area contributed by atoms with Crippen molar-refractivity contribution in [3.8, 4) is 11.5 Å². The van der Waals surface area contributed by atoms with Gasteiger partial charge in [0.25, 0.3) is 5.91 Å². The fraction of sp³-hybridized carbons (Fsp3) is 0.300. The van der Waals surface area contributed by atoms with Gasteiger partial charge in [0.2, 0.25) is 0 Å². The summed E-state index contributed by atoms with van der Waals surface area (Å²) in [5.74, 6) is 0.425. The normalized spacial score (nSPS) is 12.9. The van der Waals surface area contributed by atoms with Crippen LogP contribution in [0.2, 0.25) is 5.02 Å². The Hall–Kier alpha value is -2.73. The predicted molar refractivity (Wildman–Crippen MR) is 100 cm³/mol. The van der Waals surface area contributed by atoms with Gasteiger partial charge in [-0.05, 0) is 41.8 Å². The summed E-state index contributed by atoms with van der Waals surface area (Å²) in [6, 6.07) is 10.4. The minimum atomic E-state index is -0.613. The molecule has 0 N–H and O–H groups in total. The topological polar surface area (TPSA) is 65.1 Å². The summed E-state index contributed by atoms with van der Waals surface area (Å²) < 4.78 is 15.8. The van der Waals surface area contributed by atoms with Gasteiger partial charge in [0.15, 0.2) is 18.1 Å². The molecule has 0 bridgehead atoms. The molecule has 0 spiro atoms. The van der Waals surface area contributed by atoms with Gasteiger partial charge in [-0.3, -0.25) is 4.79 Å². The highest BCUT2D eigenvalue weighted by Crippen LogP contribution is 2.33. The standard InChI is InChI=1S/C20H20ClNO5/c1-25-17-9-13-7-8-22(11-14(13)10-18(17)26-2)19(23)12-27-20(24)15-5-3-4-6-16(15)21/h3-6,9-10H,7-8,11-12H2,1-2H3. The van der Waals surface area contributed by atoms with Crippen molar-refractivity contribution in [1.29, 1.82) is 0 Å². The van der Waals surface area contributed by atoms with Crippen molar-refractivity contribution >= 4 is 23.5 Å². The molecule has 0 aliphatic carbocycles. The molecule has 0 radical (unpaired) electrons. The van der Waals surface area contributed by atoms with Crippen molar-refractivity contribution in [3.05, 3.63) is 58.1 Å². The number of carbonyl (C=O) groups is 2. The molecule has 0 fully saturated rings. The largest absolute Gasteiger partial charge is 0.493 e. The summed E-state index contributed by atoms with van der Waals surface area (Å²) in [6.07, 6.45) is 0.694. The number of fused-ring (bicyclic) bond motifs is 1. The van der Waals surface area contributed by atoms with Crippen molar-refractivity contribution in [2.75, 3.05) is 27.4 Å². The second-order valence-corrected chi connectivity index (χ2v) is 6.50. The van der Waals surface area contributed by atoms with E-state index in [0.717, 1.165) is 11.1 Å². The maximum Gasteiger partial charge on any atom is 0.340 e. The van der Waals surface area contributed by atoms with Crippen LogP contribution >= 0.6 is 11.6 Å². The Labute approximate surface area is 162 Å². The lowest BCUT2D eigenvalue weighted by atomic mass is 9.99. The molecule has 27 heavy (non-hydrogen) atoms. The third-order valence-electron chi connectivity index (χ3n) is 4.49. The van der Waals surface area contributed by atoms with Crippen LogP contribution in [-0.4, -0.2) is 44.1 Å². The first-order chi connectivity index (χ1) is 13.0. The van der Waals surface area contributed by atoms with Crippen molar-refractivity contribution < 1.29 is 23.8 Å². The fourth-order valence-corrected chi connectivity index (χ4v) is 3.23. The van der Waals surface area contributed by atoms with Crippen LogP contribution in [0.4, 0.5) is 0 Å². The van der Waals surface area contributed by atoms with Crippen LogP contribution < -0.4 is 9.47 Å². The first kappa shape index (κ1) is 19.0. The molecule has 1 aliphatic rings. The lowest BCUT2D eigenvalue weighted by molar-refractivity contribution is -0.135. The number of nitrogens with zero attached hydrogens (tertiary/aromatic N) is 1. The van der Waals surface area contributed by atoms with Gasteiger partial charge in [-0.15, -0.1) is 0 Å². The number of methoxy groups -OCH3 is 2. The first-order valence-electron chi connectivity index (χ1n) is 8.46. The zero-order valence-electron chi connectivity index (χ0n) is 15.2. The Kier molecular flexibility index (Phi) is 5.86. The highest BCUT2D eigenvalue weighted by molar-refractivity contribution is 6.33. The average molecular weight is 390 g/mol. The predicted octanol–water partition coefficient (Wildman–Crippen LogP) is 3.10. The van der Waals surface area contributed by atoms with Gasteiger partial charge in [-0.1, -0.05) is 23.7 Å². The summed E-state index contributed by atoms with van der Waals surface area (Å²) in [5.41, 5.74) is 2.35. The molecule has 1 heterocycles. The highest BCUT2D eigenvalue weighted by atomic mass is 35.5. The van der Waals surface area contributed by atoms with Gasteiger partial charge < -0.3 is 19.1 Å². The molecule has 0 saturated carbocycles. The molecule has 0 saturated heterocycles. The molecule has 2 aromatic rings. The van der Waals surface area contributed by atoms with Crippen molar-refractivity contribution in [2.45, 2.75) is 13.0 Å². The van der Waals surface area contributed by atoms with E-state index >= 15 is 0 Å². The van der Waals surface area contributed by atoms with Crippen LogP contribution in [0, 0.1) is 0 Å². The minimum absolute atomic E-state index is 0.243. The van der Waals surface area contributed by atoms with E-state index in [0.29, 0.717) is 36.0 Å². The smallest absolute Gasteiger partial charge is 0.340 e. The van der Waals surface area contributed by atoms with Crippen molar-refractivity contribution in [2.24, 2.45) is 0 Å². The van der Waals surface area contributed by atoms with E-state index in [2.05, 4.69) is 0 Å². The Balaban J connectivity index is 1.64. The zero-order valence-corrected chi connectivity index (χ0v) is 15.9. The lowest BCUT2D eigenvalue weighted by Gasteiger charge is -2.29. The zero-order chi connectivity index (χ0) is 19.4. The summed E-state index contributed by atoms with van der Waals surface area (Å²) in [5, 5.41) is 0.294. The van der Waals surface area contributed by atoms with Gasteiger partial charge in [-0.2, -0.15) is 0 Å². The monoisotopic (exact) mass is 389 g/mol. The molecule has 3 rings (SSSR count). The molecule has 0 unspecified atom stereocenters. The van der Waals surface area contributed by atoms with Gasteiger partial charge in [0.1, 0.15) is 0 Å². The highest BCUT2D eigenvalue weighted by Gasteiger charge is 2.24. The maximum absolute atomic E-state index is 12.5. The fourth-order valence-electron chi connectivity index (χ4n) is 3.02. The Morgan fingerprint density at radius 1 is 1.07 bits per heavy atom. The second-order valence-electron chi connectivity index (χ2n) is 6.10. The lowest BCUT2D eigenvalue weighted by Crippen LogP contribution is -2.38. The molecule has 2 aromatic carbocycles. The molecular formula is C20H20ClNO5. The molecule has 1 aliphatic heterocycles. The molecule has 6 nitrogen and oxygen atoms in total. The quantitative estimate of drug-likeness (QED) is 0.735.